The Bertz CT molecular complexity index is 472. The van der Waals surface area contributed by atoms with Crippen LogP contribution >= 0.6 is 0 Å². The maximum atomic E-state index is 13.2. The first-order valence-electron chi connectivity index (χ1n) is 5.94. The summed E-state index contributed by atoms with van der Waals surface area (Å²) in [5, 5.41) is 17.9. The van der Waals surface area contributed by atoms with Gasteiger partial charge in [0.05, 0.1) is 6.10 Å². The van der Waals surface area contributed by atoms with E-state index in [1.54, 1.807) is 13.0 Å². The summed E-state index contributed by atoms with van der Waals surface area (Å²) in [6.07, 6.45) is 1.90. The quantitative estimate of drug-likeness (QED) is 0.771. The number of aliphatic hydroxyl groups is 1. The summed E-state index contributed by atoms with van der Waals surface area (Å²) in [5.41, 5.74) is 1.34. The van der Waals surface area contributed by atoms with Crippen LogP contribution in [0.4, 0.5) is 4.39 Å². The summed E-state index contributed by atoms with van der Waals surface area (Å²) in [6.45, 7) is 2.68. The molecule has 0 aromatic heterocycles. The number of carboxylic acid groups (broad SMARTS) is 1. The number of aliphatic carboxylic acids is 1. The molecule has 1 unspecified atom stereocenters. The third-order valence-electron chi connectivity index (χ3n) is 2.53. The number of benzene rings is 1. The molecule has 0 saturated carbocycles. The minimum Gasteiger partial charge on any atom is -0.478 e. The Morgan fingerprint density at radius 3 is 2.79 bits per heavy atom. The molecule has 0 aliphatic rings. The van der Waals surface area contributed by atoms with Crippen molar-refractivity contribution in [2.24, 2.45) is 0 Å². The summed E-state index contributed by atoms with van der Waals surface area (Å²) in [6, 6.07) is 4.25. The molecule has 0 bridgehead atoms. The van der Waals surface area contributed by atoms with Crippen molar-refractivity contribution in [2.75, 3.05) is 13.6 Å². The number of halogens is 1. The van der Waals surface area contributed by atoms with Gasteiger partial charge >= 0.3 is 5.97 Å². The molecule has 0 heterocycles. The van der Waals surface area contributed by atoms with Crippen LogP contribution in [-0.4, -0.2) is 40.8 Å². The van der Waals surface area contributed by atoms with Crippen LogP contribution in [0.2, 0.25) is 0 Å². The molecule has 0 saturated heterocycles. The SMILES string of the molecule is CC(O)CN(C)Cc1ccc(F)cc1C=CC(=O)O. The first-order valence-corrected chi connectivity index (χ1v) is 5.94. The molecule has 1 rings (SSSR count). The molecule has 1 atom stereocenters. The van der Waals surface area contributed by atoms with Crippen molar-refractivity contribution in [1.29, 1.82) is 0 Å². The molecule has 0 radical (unpaired) electrons. The first-order chi connectivity index (χ1) is 8.88. The van der Waals surface area contributed by atoms with Gasteiger partial charge in [-0.25, -0.2) is 9.18 Å². The lowest BCUT2D eigenvalue weighted by molar-refractivity contribution is -0.131. The molecular weight excluding hydrogens is 249 g/mol. The molecular formula is C14H18FNO3. The average molecular weight is 267 g/mol. The number of aliphatic hydroxyl groups excluding tert-OH is 1. The number of carboxylic acids is 1. The average Bonchev–Trinajstić information content (AvgIpc) is 2.28. The number of carbonyl (C=O) groups is 1. The van der Waals surface area contributed by atoms with E-state index in [1.165, 1.54) is 18.2 Å². The van der Waals surface area contributed by atoms with E-state index in [4.69, 9.17) is 5.11 Å². The van der Waals surface area contributed by atoms with Crippen molar-refractivity contribution in [3.05, 3.63) is 41.2 Å². The lowest BCUT2D eigenvalue weighted by Gasteiger charge is -2.19. The largest absolute Gasteiger partial charge is 0.478 e. The van der Waals surface area contributed by atoms with Gasteiger partial charge in [-0.1, -0.05) is 6.07 Å². The molecule has 5 heteroatoms. The Balaban J connectivity index is 2.90. The number of rotatable bonds is 6. The molecule has 4 nitrogen and oxygen atoms in total. The zero-order valence-corrected chi connectivity index (χ0v) is 11.0. The van der Waals surface area contributed by atoms with Gasteiger partial charge in [-0.05, 0) is 43.3 Å². The van der Waals surface area contributed by atoms with Gasteiger partial charge in [-0.2, -0.15) is 0 Å². The van der Waals surface area contributed by atoms with Crippen molar-refractivity contribution in [1.82, 2.24) is 4.90 Å². The Morgan fingerprint density at radius 1 is 1.53 bits per heavy atom. The van der Waals surface area contributed by atoms with Gasteiger partial charge in [-0.15, -0.1) is 0 Å². The van der Waals surface area contributed by atoms with Crippen molar-refractivity contribution in [2.45, 2.75) is 19.6 Å². The van der Waals surface area contributed by atoms with Crippen LogP contribution in [0.3, 0.4) is 0 Å². The highest BCUT2D eigenvalue weighted by molar-refractivity contribution is 5.85. The Kier molecular flexibility index (Phi) is 5.66. The zero-order valence-electron chi connectivity index (χ0n) is 11.0. The summed E-state index contributed by atoms with van der Waals surface area (Å²) < 4.78 is 13.2. The highest BCUT2D eigenvalue weighted by Crippen LogP contribution is 2.15. The number of hydrogen-bond donors (Lipinski definition) is 2. The van der Waals surface area contributed by atoms with E-state index in [2.05, 4.69) is 0 Å². The lowest BCUT2D eigenvalue weighted by Crippen LogP contribution is -2.27. The Labute approximate surface area is 111 Å². The summed E-state index contributed by atoms with van der Waals surface area (Å²) in [5.74, 6) is -1.49. The van der Waals surface area contributed by atoms with Gasteiger partial charge in [0.1, 0.15) is 5.82 Å². The summed E-state index contributed by atoms with van der Waals surface area (Å²) >= 11 is 0. The predicted octanol–water partition coefficient (Wildman–Crippen LogP) is 1.74. The Morgan fingerprint density at radius 2 is 2.21 bits per heavy atom. The van der Waals surface area contributed by atoms with Gasteiger partial charge in [0.2, 0.25) is 0 Å². The van der Waals surface area contributed by atoms with Gasteiger partial charge in [-0.3, -0.25) is 4.90 Å². The highest BCUT2D eigenvalue weighted by atomic mass is 19.1. The number of hydrogen-bond acceptors (Lipinski definition) is 3. The fourth-order valence-corrected chi connectivity index (χ4v) is 1.83. The van der Waals surface area contributed by atoms with E-state index in [1.807, 2.05) is 11.9 Å². The minimum atomic E-state index is -1.08. The highest BCUT2D eigenvalue weighted by Gasteiger charge is 2.07. The molecule has 0 aliphatic carbocycles. The standard InChI is InChI=1S/C14H18FNO3/c1-10(17)8-16(2)9-12-3-5-13(15)7-11(12)4-6-14(18)19/h3-7,10,17H,8-9H2,1-2H3,(H,18,19). The second-order valence-electron chi connectivity index (χ2n) is 4.56. The fourth-order valence-electron chi connectivity index (χ4n) is 1.83. The van der Waals surface area contributed by atoms with E-state index in [0.717, 1.165) is 11.6 Å². The molecule has 0 amide bonds. The maximum absolute atomic E-state index is 13.2. The summed E-state index contributed by atoms with van der Waals surface area (Å²) in [4.78, 5) is 12.4. The fraction of sp³-hybridized carbons (Fsp3) is 0.357. The van der Waals surface area contributed by atoms with Crippen molar-refractivity contribution in [3.63, 3.8) is 0 Å². The lowest BCUT2D eigenvalue weighted by atomic mass is 10.1. The topological polar surface area (TPSA) is 60.8 Å². The smallest absolute Gasteiger partial charge is 0.328 e. The molecule has 2 N–H and O–H groups in total. The molecule has 0 aliphatic heterocycles. The molecule has 1 aromatic rings. The van der Waals surface area contributed by atoms with Crippen molar-refractivity contribution in [3.8, 4) is 0 Å². The van der Waals surface area contributed by atoms with Crippen LogP contribution < -0.4 is 0 Å². The third kappa shape index (κ3) is 5.63. The zero-order chi connectivity index (χ0) is 14.4. The van der Waals surface area contributed by atoms with E-state index < -0.39 is 17.9 Å². The second kappa shape index (κ2) is 7.01. The minimum absolute atomic E-state index is 0.410. The predicted molar refractivity (Wildman–Crippen MR) is 71.1 cm³/mol. The molecule has 19 heavy (non-hydrogen) atoms. The van der Waals surface area contributed by atoms with Crippen molar-refractivity contribution >= 4 is 12.0 Å². The van der Waals surface area contributed by atoms with Crippen LogP contribution in [0.5, 0.6) is 0 Å². The monoisotopic (exact) mass is 267 g/mol. The van der Waals surface area contributed by atoms with Gasteiger partial charge in [0, 0.05) is 19.2 Å². The van der Waals surface area contributed by atoms with E-state index >= 15 is 0 Å². The van der Waals surface area contributed by atoms with Crippen LogP contribution in [0, 0.1) is 5.82 Å². The van der Waals surface area contributed by atoms with Crippen molar-refractivity contribution < 1.29 is 19.4 Å². The van der Waals surface area contributed by atoms with E-state index in [0.29, 0.717) is 18.7 Å². The van der Waals surface area contributed by atoms with E-state index in [9.17, 15) is 14.3 Å². The van der Waals surface area contributed by atoms with Gasteiger partial charge in [0.15, 0.2) is 0 Å². The normalized spacial score (nSPS) is 13.1. The third-order valence-corrected chi connectivity index (χ3v) is 2.53. The van der Waals surface area contributed by atoms with Crippen LogP contribution in [0.15, 0.2) is 24.3 Å². The summed E-state index contributed by atoms with van der Waals surface area (Å²) in [7, 11) is 1.83. The second-order valence-corrected chi connectivity index (χ2v) is 4.56. The van der Waals surface area contributed by atoms with Crippen LogP contribution in [0.1, 0.15) is 18.1 Å². The van der Waals surface area contributed by atoms with Gasteiger partial charge < -0.3 is 10.2 Å². The van der Waals surface area contributed by atoms with Gasteiger partial charge in [0.25, 0.3) is 0 Å². The van der Waals surface area contributed by atoms with E-state index in [-0.39, 0.29) is 0 Å². The van der Waals surface area contributed by atoms with Crippen LogP contribution in [0.25, 0.3) is 6.08 Å². The number of nitrogens with zero attached hydrogens (tertiary/aromatic N) is 1. The first kappa shape index (κ1) is 15.3. The molecule has 0 spiro atoms. The van der Waals surface area contributed by atoms with Crippen LogP contribution in [-0.2, 0) is 11.3 Å². The molecule has 1 aromatic carbocycles. The Hall–Kier alpha value is -1.72. The molecule has 0 fully saturated rings. The maximum Gasteiger partial charge on any atom is 0.328 e. The number of likely N-dealkylation sites (N-methyl/N-ethyl adjacent to an activating group) is 1. The molecule has 104 valence electrons.